The fraction of sp³-hybridized carbons (Fsp3) is 0.471. The number of rotatable bonds is 6. The van der Waals surface area contributed by atoms with Gasteiger partial charge in [0.15, 0.2) is 6.10 Å². The number of hydrogen-bond donors (Lipinski definition) is 2. The van der Waals surface area contributed by atoms with E-state index in [2.05, 4.69) is 20.8 Å². The number of urea groups is 1. The second kappa shape index (κ2) is 8.76. The van der Waals surface area contributed by atoms with Gasteiger partial charge >= 0.3 is 12.0 Å². The van der Waals surface area contributed by atoms with Crippen LogP contribution in [0.4, 0.5) is 4.79 Å². The van der Waals surface area contributed by atoms with Crippen molar-refractivity contribution in [2.24, 2.45) is 0 Å². The summed E-state index contributed by atoms with van der Waals surface area (Å²) >= 11 is 1.52. The number of ether oxygens (including phenoxy) is 1. The molecule has 0 aliphatic carbocycles. The van der Waals surface area contributed by atoms with Crippen LogP contribution in [0.1, 0.15) is 40.0 Å². The van der Waals surface area contributed by atoms with E-state index >= 15 is 0 Å². The average molecular weight is 394 g/mol. The number of aromatic nitrogens is 2. The van der Waals surface area contributed by atoms with Crippen molar-refractivity contribution >= 4 is 29.2 Å². The van der Waals surface area contributed by atoms with Crippen LogP contribution in [-0.4, -0.2) is 39.7 Å². The molecule has 0 aromatic carbocycles. The summed E-state index contributed by atoms with van der Waals surface area (Å²) in [4.78, 5) is 39.6. The van der Waals surface area contributed by atoms with E-state index in [9.17, 15) is 14.4 Å². The van der Waals surface area contributed by atoms with Crippen LogP contribution in [0.15, 0.2) is 21.3 Å². The van der Waals surface area contributed by atoms with Gasteiger partial charge in [-0.15, -0.1) is 0 Å². The molecule has 0 bridgehead atoms. The highest BCUT2D eigenvalue weighted by molar-refractivity contribution is 7.08. The largest absolute Gasteiger partial charge is 0.453 e. The highest BCUT2D eigenvalue weighted by atomic mass is 32.1. The lowest BCUT2D eigenvalue weighted by Gasteiger charge is -2.21. The molecule has 1 atom stereocenters. The summed E-state index contributed by atoms with van der Waals surface area (Å²) in [6.45, 7) is 6.73. The Labute approximate surface area is 160 Å². The maximum atomic E-state index is 11.9. The lowest BCUT2D eigenvalue weighted by atomic mass is 10.1. The molecule has 0 aliphatic heterocycles. The summed E-state index contributed by atoms with van der Waals surface area (Å²) < 4.78 is 10.1. The van der Waals surface area contributed by atoms with Gasteiger partial charge in [-0.25, -0.2) is 4.79 Å². The van der Waals surface area contributed by atoms with E-state index < -0.39 is 29.6 Å². The fourth-order valence-corrected chi connectivity index (χ4v) is 2.60. The van der Waals surface area contributed by atoms with Gasteiger partial charge in [-0.05, 0) is 39.1 Å². The van der Waals surface area contributed by atoms with Crippen molar-refractivity contribution in [2.45, 2.75) is 52.2 Å². The van der Waals surface area contributed by atoms with Gasteiger partial charge in [0, 0.05) is 22.9 Å². The smallest absolute Gasteiger partial charge is 0.321 e. The number of thiophene rings is 1. The Kier molecular flexibility index (Phi) is 6.67. The highest BCUT2D eigenvalue weighted by Gasteiger charge is 2.22. The molecule has 9 nitrogen and oxygen atoms in total. The maximum Gasteiger partial charge on any atom is 0.321 e. The van der Waals surface area contributed by atoms with Gasteiger partial charge in [-0.2, -0.15) is 16.3 Å². The lowest BCUT2D eigenvalue weighted by Crippen LogP contribution is -2.50. The lowest BCUT2D eigenvalue weighted by molar-refractivity contribution is -0.154. The van der Waals surface area contributed by atoms with Gasteiger partial charge in [-0.1, -0.05) is 5.16 Å². The SMILES string of the molecule is C[C@H](OC(=O)CCc1nc(-c2ccsc2)no1)C(=O)NC(=O)NC(C)(C)C. The Balaban J connectivity index is 1.76. The molecule has 3 amide bonds. The third-order valence-electron chi connectivity index (χ3n) is 3.19. The first kappa shape index (κ1) is 20.6. The van der Waals surface area contributed by atoms with Crippen molar-refractivity contribution in [3.05, 3.63) is 22.7 Å². The second-order valence-corrected chi connectivity index (χ2v) is 7.63. The van der Waals surface area contributed by atoms with Crippen LogP contribution in [0, 0.1) is 0 Å². The number of esters is 1. The van der Waals surface area contributed by atoms with Crippen LogP contribution in [0.3, 0.4) is 0 Å². The molecule has 0 fully saturated rings. The monoisotopic (exact) mass is 394 g/mol. The quantitative estimate of drug-likeness (QED) is 0.720. The minimum absolute atomic E-state index is 0.0307. The molecular formula is C17H22N4O5S. The number of carbonyl (C=O) groups is 3. The summed E-state index contributed by atoms with van der Waals surface area (Å²) in [5.41, 5.74) is 0.354. The number of hydrogen-bond acceptors (Lipinski definition) is 8. The van der Waals surface area contributed by atoms with Crippen LogP contribution in [-0.2, 0) is 20.7 Å². The number of imide groups is 1. The molecule has 2 N–H and O–H groups in total. The molecule has 0 saturated carbocycles. The van der Waals surface area contributed by atoms with E-state index in [0.717, 1.165) is 5.56 Å². The fourth-order valence-electron chi connectivity index (χ4n) is 1.97. The van der Waals surface area contributed by atoms with Gasteiger partial charge in [-0.3, -0.25) is 14.9 Å². The van der Waals surface area contributed by atoms with Crippen molar-refractivity contribution in [3.63, 3.8) is 0 Å². The molecule has 2 aromatic rings. The van der Waals surface area contributed by atoms with Crippen LogP contribution < -0.4 is 10.6 Å². The van der Waals surface area contributed by atoms with E-state index in [4.69, 9.17) is 9.26 Å². The van der Waals surface area contributed by atoms with Crippen LogP contribution in [0.2, 0.25) is 0 Å². The van der Waals surface area contributed by atoms with E-state index in [1.807, 2.05) is 16.8 Å². The Morgan fingerprint density at radius 2 is 2.07 bits per heavy atom. The van der Waals surface area contributed by atoms with Crippen molar-refractivity contribution < 1.29 is 23.6 Å². The molecule has 2 aromatic heterocycles. The normalized spacial score (nSPS) is 12.3. The number of aryl methyl sites for hydroxylation is 1. The first-order valence-electron chi connectivity index (χ1n) is 8.31. The third-order valence-corrected chi connectivity index (χ3v) is 3.88. The molecule has 0 radical (unpaired) electrons. The standard InChI is InChI=1S/C17H22N4O5S/c1-10(15(23)19-16(24)20-17(2,3)4)25-13(22)6-5-12-18-14(21-26-12)11-7-8-27-9-11/h7-10H,5-6H2,1-4H3,(H2,19,20,23,24)/t10-/m0/s1. The van der Waals surface area contributed by atoms with Crippen LogP contribution in [0.5, 0.6) is 0 Å². The molecule has 0 unspecified atom stereocenters. The predicted octanol–water partition coefficient (Wildman–Crippen LogP) is 2.29. The summed E-state index contributed by atoms with van der Waals surface area (Å²) in [6, 6.07) is 1.21. The highest BCUT2D eigenvalue weighted by Crippen LogP contribution is 2.19. The molecule has 2 rings (SSSR count). The molecular weight excluding hydrogens is 372 g/mol. The molecule has 0 saturated heterocycles. The maximum absolute atomic E-state index is 11.9. The zero-order chi connectivity index (χ0) is 20.0. The Bertz CT molecular complexity index is 795. The minimum Gasteiger partial charge on any atom is -0.453 e. The van der Waals surface area contributed by atoms with Gasteiger partial charge in [0.1, 0.15) is 0 Å². The predicted molar refractivity (Wildman–Crippen MR) is 97.9 cm³/mol. The van der Waals surface area contributed by atoms with Crippen molar-refractivity contribution in [1.82, 2.24) is 20.8 Å². The molecule has 27 heavy (non-hydrogen) atoms. The van der Waals surface area contributed by atoms with Gasteiger partial charge in [0.25, 0.3) is 5.91 Å². The second-order valence-electron chi connectivity index (χ2n) is 6.85. The zero-order valence-corrected chi connectivity index (χ0v) is 16.4. The minimum atomic E-state index is -1.10. The number of amides is 3. The Morgan fingerprint density at radius 3 is 2.70 bits per heavy atom. The van der Waals surface area contributed by atoms with Crippen molar-refractivity contribution in [1.29, 1.82) is 0 Å². The molecule has 2 heterocycles. The van der Waals surface area contributed by atoms with Gasteiger partial charge < -0.3 is 14.6 Å². The van der Waals surface area contributed by atoms with E-state index in [0.29, 0.717) is 11.7 Å². The summed E-state index contributed by atoms with van der Waals surface area (Å²) in [6.07, 6.45) is -0.946. The van der Waals surface area contributed by atoms with Crippen LogP contribution in [0.25, 0.3) is 11.4 Å². The Hall–Kier alpha value is -2.75. The molecule has 10 heteroatoms. The van der Waals surface area contributed by atoms with E-state index in [1.165, 1.54) is 18.3 Å². The first-order chi connectivity index (χ1) is 12.6. The van der Waals surface area contributed by atoms with Crippen molar-refractivity contribution in [2.75, 3.05) is 0 Å². The van der Waals surface area contributed by atoms with E-state index in [1.54, 1.807) is 20.8 Å². The van der Waals surface area contributed by atoms with Crippen LogP contribution >= 0.6 is 11.3 Å². The topological polar surface area (TPSA) is 123 Å². The number of nitrogens with zero attached hydrogens (tertiary/aromatic N) is 2. The third kappa shape index (κ3) is 6.81. The summed E-state index contributed by atoms with van der Waals surface area (Å²) in [7, 11) is 0. The van der Waals surface area contributed by atoms with Gasteiger partial charge in [0.05, 0.1) is 6.42 Å². The Morgan fingerprint density at radius 1 is 1.33 bits per heavy atom. The molecule has 146 valence electrons. The van der Waals surface area contributed by atoms with E-state index in [-0.39, 0.29) is 12.8 Å². The van der Waals surface area contributed by atoms with Crippen molar-refractivity contribution in [3.8, 4) is 11.4 Å². The summed E-state index contributed by atoms with van der Waals surface area (Å²) in [5, 5.41) is 12.3. The average Bonchev–Trinajstić information content (AvgIpc) is 3.22. The first-order valence-corrected chi connectivity index (χ1v) is 9.26. The molecule has 0 spiro atoms. The number of carbonyl (C=O) groups excluding carboxylic acids is 3. The summed E-state index contributed by atoms with van der Waals surface area (Å²) in [5.74, 6) is -0.557. The molecule has 0 aliphatic rings. The zero-order valence-electron chi connectivity index (χ0n) is 15.6. The van der Waals surface area contributed by atoms with Gasteiger partial charge in [0.2, 0.25) is 11.7 Å². The number of nitrogens with one attached hydrogen (secondary N) is 2.